The summed E-state index contributed by atoms with van der Waals surface area (Å²) in [6.45, 7) is 4.51. The first kappa shape index (κ1) is 25.7. The molecular formula is C32H38N2O2. The second-order valence-electron chi connectivity index (χ2n) is 10.1. The fourth-order valence-corrected chi connectivity index (χ4v) is 5.14. The SMILES string of the molecule is Cc1ccccc1CC(=O)N(Cc1ccccc1C)[C@H](Cc1ccccc1)C(=O)NC1CCCCC1. The molecule has 0 unspecified atom stereocenters. The van der Waals surface area contributed by atoms with Crippen LogP contribution in [0, 0.1) is 13.8 Å². The van der Waals surface area contributed by atoms with Gasteiger partial charge in [0.15, 0.2) is 0 Å². The van der Waals surface area contributed by atoms with Crippen LogP contribution in [-0.2, 0) is 29.0 Å². The third kappa shape index (κ3) is 6.84. The van der Waals surface area contributed by atoms with E-state index in [1.165, 1.54) is 6.42 Å². The highest BCUT2D eigenvalue weighted by Gasteiger charge is 2.32. The predicted molar refractivity (Wildman–Crippen MR) is 146 cm³/mol. The van der Waals surface area contributed by atoms with Crippen LogP contribution in [0.2, 0.25) is 0 Å². The van der Waals surface area contributed by atoms with E-state index in [4.69, 9.17) is 0 Å². The summed E-state index contributed by atoms with van der Waals surface area (Å²) in [5.74, 6) is -0.0650. The van der Waals surface area contributed by atoms with Gasteiger partial charge in [0.05, 0.1) is 6.42 Å². The smallest absolute Gasteiger partial charge is 0.243 e. The molecule has 1 aliphatic carbocycles. The van der Waals surface area contributed by atoms with E-state index in [-0.39, 0.29) is 24.3 Å². The van der Waals surface area contributed by atoms with E-state index < -0.39 is 6.04 Å². The van der Waals surface area contributed by atoms with E-state index in [1.807, 2.05) is 78.6 Å². The van der Waals surface area contributed by atoms with Crippen molar-refractivity contribution >= 4 is 11.8 Å². The molecule has 1 N–H and O–H groups in total. The van der Waals surface area contributed by atoms with Crippen LogP contribution in [0.3, 0.4) is 0 Å². The number of rotatable bonds is 9. The van der Waals surface area contributed by atoms with Crippen molar-refractivity contribution in [3.63, 3.8) is 0 Å². The van der Waals surface area contributed by atoms with Gasteiger partial charge in [-0.25, -0.2) is 0 Å². The number of aryl methyl sites for hydroxylation is 2. The van der Waals surface area contributed by atoms with E-state index in [9.17, 15) is 9.59 Å². The zero-order chi connectivity index (χ0) is 25.3. The minimum atomic E-state index is -0.578. The molecule has 0 aromatic heterocycles. The van der Waals surface area contributed by atoms with E-state index in [0.717, 1.165) is 53.5 Å². The highest BCUT2D eigenvalue weighted by atomic mass is 16.2. The number of nitrogens with zero attached hydrogens (tertiary/aromatic N) is 1. The van der Waals surface area contributed by atoms with Crippen LogP contribution >= 0.6 is 0 Å². The number of benzene rings is 3. The fourth-order valence-electron chi connectivity index (χ4n) is 5.14. The molecule has 0 aliphatic heterocycles. The molecule has 188 valence electrons. The molecule has 0 spiro atoms. The summed E-state index contributed by atoms with van der Waals surface area (Å²) in [6.07, 6.45) is 6.32. The Hall–Kier alpha value is -3.40. The predicted octanol–water partition coefficient (Wildman–Crippen LogP) is 5.93. The van der Waals surface area contributed by atoms with Gasteiger partial charge in [0.25, 0.3) is 0 Å². The van der Waals surface area contributed by atoms with Crippen LogP contribution in [0.25, 0.3) is 0 Å². The second kappa shape index (κ2) is 12.5. The summed E-state index contributed by atoms with van der Waals surface area (Å²) in [5.41, 5.74) is 5.34. The lowest BCUT2D eigenvalue weighted by Crippen LogP contribution is -2.53. The molecule has 0 heterocycles. The third-order valence-corrected chi connectivity index (χ3v) is 7.43. The van der Waals surface area contributed by atoms with Gasteiger partial charge in [-0.1, -0.05) is 98.1 Å². The van der Waals surface area contributed by atoms with Crippen LogP contribution in [0.5, 0.6) is 0 Å². The molecule has 1 fully saturated rings. The number of nitrogens with one attached hydrogen (secondary N) is 1. The quantitative estimate of drug-likeness (QED) is 0.411. The van der Waals surface area contributed by atoms with Gasteiger partial charge < -0.3 is 10.2 Å². The van der Waals surface area contributed by atoms with Crippen molar-refractivity contribution in [3.05, 3.63) is 107 Å². The van der Waals surface area contributed by atoms with Crippen LogP contribution in [0.4, 0.5) is 0 Å². The van der Waals surface area contributed by atoms with E-state index >= 15 is 0 Å². The highest BCUT2D eigenvalue weighted by Crippen LogP contribution is 2.21. The molecular weight excluding hydrogens is 444 g/mol. The Morgan fingerprint density at radius 1 is 0.806 bits per heavy atom. The highest BCUT2D eigenvalue weighted by molar-refractivity contribution is 5.89. The number of amides is 2. The lowest BCUT2D eigenvalue weighted by molar-refractivity contribution is -0.141. The number of carbonyl (C=O) groups excluding carboxylic acids is 2. The van der Waals surface area contributed by atoms with E-state index in [0.29, 0.717) is 13.0 Å². The van der Waals surface area contributed by atoms with Crippen molar-refractivity contribution in [1.29, 1.82) is 0 Å². The monoisotopic (exact) mass is 482 g/mol. The Balaban J connectivity index is 1.67. The molecule has 3 aromatic rings. The van der Waals surface area contributed by atoms with Gasteiger partial charge in [-0.3, -0.25) is 9.59 Å². The van der Waals surface area contributed by atoms with Crippen molar-refractivity contribution in [3.8, 4) is 0 Å². The first-order chi connectivity index (χ1) is 17.5. The van der Waals surface area contributed by atoms with Gasteiger partial charge in [-0.15, -0.1) is 0 Å². The summed E-state index contributed by atoms with van der Waals surface area (Å²) in [4.78, 5) is 29.6. The van der Waals surface area contributed by atoms with Crippen molar-refractivity contribution in [2.24, 2.45) is 0 Å². The zero-order valence-electron chi connectivity index (χ0n) is 21.6. The third-order valence-electron chi connectivity index (χ3n) is 7.43. The molecule has 1 aliphatic rings. The minimum Gasteiger partial charge on any atom is -0.352 e. The lowest BCUT2D eigenvalue weighted by Gasteiger charge is -2.34. The molecule has 1 saturated carbocycles. The average molecular weight is 483 g/mol. The van der Waals surface area contributed by atoms with E-state index in [2.05, 4.69) is 24.4 Å². The Kier molecular flexibility index (Phi) is 8.94. The molecule has 0 saturated heterocycles. The van der Waals surface area contributed by atoms with Gasteiger partial charge >= 0.3 is 0 Å². The van der Waals surface area contributed by atoms with Crippen molar-refractivity contribution in [2.45, 2.75) is 77.4 Å². The normalized spacial score (nSPS) is 14.7. The molecule has 4 heteroatoms. The Bertz CT molecular complexity index is 1150. The van der Waals surface area contributed by atoms with Crippen molar-refractivity contribution < 1.29 is 9.59 Å². The van der Waals surface area contributed by atoms with Gasteiger partial charge in [-0.2, -0.15) is 0 Å². The van der Waals surface area contributed by atoms with E-state index in [1.54, 1.807) is 0 Å². The molecule has 36 heavy (non-hydrogen) atoms. The van der Waals surface area contributed by atoms with Crippen molar-refractivity contribution in [2.75, 3.05) is 0 Å². The first-order valence-electron chi connectivity index (χ1n) is 13.2. The van der Waals surface area contributed by atoms with Gasteiger partial charge in [-0.05, 0) is 54.5 Å². The standard InChI is InChI=1S/C32H38N2O2/c1-24-13-9-11-17-27(24)22-31(35)34(23-28-18-12-10-14-25(28)2)30(21-26-15-5-3-6-16-26)32(36)33-29-19-7-4-8-20-29/h3,5-6,9-18,29-30H,4,7-8,19-23H2,1-2H3,(H,33,36)/t30-/m1/s1. The summed E-state index contributed by atoms with van der Waals surface area (Å²) in [5, 5.41) is 3.32. The van der Waals surface area contributed by atoms with Crippen LogP contribution in [0.1, 0.15) is 59.9 Å². The van der Waals surface area contributed by atoms with Crippen LogP contribution in [-0.4, -0.2) is 28.8 Å². The summed E-state index contributed by atoms with van der Waals surface area (Å²) < 4.78 is 0. The maximum absolute atomic E-state index is 14.0. The molecule has 1 atom stereocenters. The Labute approximate surface area is 215 Å². The maximum Gasteiger partial charge on any atom is 0.243 e. The van der Waals surface area contributed by atoms with Gasteiger partial charge in [0.1, 0.15) is 6.04 Å². The zero-order valence-corrected chi connectivity index (χ0v) is 21.6. The maximum atomic E-state index is 14.0. The van der Waals surface area contributed by atoms with Gasteiger partial charge in [0, 0.05) is 19.0 Å². The number of hydrogen-bond donors (Lipinski definition) is 1. The second-order valence-corrected chi connectivity index (χ2v) is 10.1. The summed E-state index contributed by atoms with van der Waals surface area (Å²) in [7, 11) is 0. The number of hydrogen-bond acceptors (Lipinski definition) is 2. The number of carbonyl (C=O) groups is 2. The summed E-state index contributed by atoms with van der Waals surface area (Å²) >= 11 is 0. The first-order valence-corrected chi connectivity index (χ1v) is 13.2. The molecule has 0 bridgehead atoms. The van der Waals surface area contributed by atoms with Crippen LogP contribution < -0.4 is 5.32 Å². The lowest BCUT2D eigenvalue weighted by atomic mass is 9.94. The molecule has 4 rings (SSSR count). The Morgan fingerprint density at radius 2 is 1.39 bits per heavy atom. The molecule has 4 nitrogen and oxygen atoms in total. The Morgan fingerprint density at radius 3 is 2.03 bits per heavy atom. The average Bonchev–Trinajstić information content (AvgIpc) is 2.89. The van der Waals surface area contributed by atoms with Crippen LogP contribution in [0.15, 0.2) is 78.9 Å². The largest absolute Gasteiger partial charge is 0.352 e. The minimum absolute atomic E-state index is 0.0210. The topological polar surface area (TPSA) is 49.4 Å². The molecule has 2 amide bonds. The fraction of sp³-hybridized carbons (Fsp3) is 0.375. The molecule has 3 aromatic carbocycles. The molecule has 0 radical (unpaired) electrons. The van der Waals surface area contributed by atoms with Gasteiger partial charge in [0.2, 0.25) is 11.8 Å². The summed E-state index contributed by atoms with van der Waals surface area (Å²) in [6, 6.07) is 25.8. The van der Waals surface area contributed by atoms with Crippen molar-refractivity contribution in [1.82, 2.24) is 10.2 Å².